The summed E-state index contributed by atoms with van der Waals surface area (Å²) in [6, 6.07) is 17.3. The molecule has 32 heavy (non-hydrogen) atoms. The first kappa shape index (κ1) is 20.8. The first-order valence-electron chi connectivity index (χ1n) is 9.41. The quantitative estimate of drug-likeness (QED) is 0.409. The molecule has 4 aromatic rings. The molecule has 0 atom stereocenters. The first-order valence-corrected chi connectivity index (χ1v) is 9.41. The van der Waals surface area contributed by atoms with E-state index in [9.17, 15) is 13.6 Å². The number of carbonyl (C=O) groups is 1. The van der Waals surface area contributed by atoms with E-state index in [2.05, 4.69) is 25.3 Å². The third-order valence-corrected chi connectivity index (χ3v) is 4.15. The third-order valence-electron chi connectivity index (χ3n) is 4.15. The van der Waals surface area contributed by atoms with Crippen molar-refractivity contribution in [2.24, 2.45) is 0 Å². The van der Waals surface area contributed by atoms with Gasteiger partial charge >= 0.3 is 12.6 Å². The Hall–Kier alpha value is -4.47. The van der Waals surface area contributed by atoms with Crippen LogP contribution in [0.5, 0.6) is 17.4 Å². The SMILES string of the molecule is O=C(Nc1ccc(Oc2cc(-n3cccc3)ncn2)cc1)Nc1cccc(OC(F)F)c1. The fourth-order valence-electron chi connectivity index (χ4n) is 2.78. The van der Waals surface area contributed by atoms with Crippen molar-refractivity contribution in [3.05, 3.63) is 85.5 Å². The van der Waals surface area contributed by atoms with Gasteiger partial charge in [-0.1, -0.05) is 6.07 Å². The zero-order valence-corrected chi connectivity index (χ0v) is 16.5. The molecule has 0 unspecified atom stereocenters. The van der Waals surface area contributed by atoms with Crippen LogP contribution in [0.25, 0.3) is 5.82 Å². The van der Waals surface area contributed by atoms with E-state index in [4.69, 9.17) is 4.74 Å². The van der Waals surface area contributed by atoms with Crippen molar-refractivity contribution >= 4 is 17.4 Å². The highest BCUT2D eigenvalue weighted by molar-refractivity contribution is 5.99. The summed E-state index contributed by atoms with van der Waals surface area (Å²) in [5.41, 5.74) is 0.813. The number of anilines is 2. The first-order chi connectivity index (χ1) is 15.5. The molecular formula is C22H17F2N5O3. The molecule has 0 aliphatic heterocycles. The topological polar surface area (TPSA) is 90.3 Å². The summed E-state index contributed by atoms with van der Waals surface area (Å²) >= 11 is 0. The molecule has 162 valence electrons. The number of aromatic nitrogens is 3. The van der Waals surface area contributed by atoms with Gasteiger partial charge in [0, 0.05) is 35.9 Å². The van der Waals surface area contributed by atoms with Gasteiger partial charge in [0.1, 0.15) is 23.6 Å². The number of ether oxygens (including phenoxy) is 2. The maximum absolute atomic E-state index is 12.3. The van der Waals surface area contributed by atoms with Crippen LogP contribution in [0, 0.1) is 0 Å². The van der Waals surface area contributed by atoms with E-state index in [0.717, 1.165) is 0 Å². The van der Waals surface area contributed by atoms with Crippen LogP contribution in [0.1, 0.15) is 0 Å². The fourth-order valence-corrected chi connectivity index (χ4v) is 2.78. The highest BCUT2D eigenvalue weighted by atomic mass is 19.3. The second-order valence-electron chi connectivity index (χ2n) is 6.42. The summed E-state index contributed by atoms with van der Waals surface area (Å²) in [5.74, 6) is 1.50. The van der Waals surface area contributed by atoms with Crippen LogP contribution in [0.4, 0.5) is 25.0 Å². The van der Waals surface area contributed by atoms with E-state index in [1.165, 1.54) is 24.5 Å². The van der Waals surface area contributed by atoms with Gasteiger partial charge in [-0.15, -0.1) is 0 Å². The molecule has 0 saturated heterocycles. The second-order valence-corrected chi connectivity index (χ2v) is 6.42. The zero-order chi connectivity index (χ0) is 22.3. The van der Waals surface area contributed by atoms with Gasteiger partial charge in [0.15, 0.2) is 0 Å². The van der Waals surface area contributed by atoms with Gasteiger partial charge < -0.3 is 24.7 Å². The molecule has 2 aromatic heterocycles. The Labute approximate surface area is 181 Å². The molecule has 2 N–H and O–H groups in total. The Balaban J connectivity index is 1.35. The molecule has 0 spiro atoms. The fraction of sp³-hybridized carbons (Fsp3) is 0.0455. The van der Waals surface area contributed by atoms with Crippen molar-refractivity contribution in [3.63, 3.8) is 0 Å². The van der Waals surface area contributed by atoms with Gasteiger partial charge in [0.25, 0.3) is 0 Å². The summed E-state index contributed by atoms with van der Waals surface area (Å²) in [6.45, 7) is -2.94. The average molecular weight is 437 g/mol. The number of nitrogens with zero attached hydrogens (tertiary/aromatic N) is 3. The van der Waals surface area contributed by atoms with Crippen molar-refractivity contribution in [1.29, 1.82) is 0 Å². The van der Waals surface area contributed by atoms with Gasteiger partial charge in [-0.05, 0) is 48.5 Å². The minimum atomic E-state index is -2.94. The van der Waals surface area contributed by atoms with Crippen LogP contribution >= 0.6 is 0 Å². The van der Waals surface area contributed by atoms with Crippen LogP contribution in [-0.4, -0.2) is 27.2 Å². The predicted molar refractivity (Wildman–Crippen MR) is 114 cm³/mol. The van der Waals surface area contributed by atoms with Crippen molar-refractivity contribution in [1.82, 2.24) is 14.5 Å². The van der Waals surface area contributed by atoms with E-state index in [1.807, 2.05) is 29.1 Å². The lowest BCUT2D eigenvalue weighted by Gasteiger charge is -2.10. The van der Waals surface area contributed by atoms with Crippen LogP contribution in [0.3, 0.4) is 0 Å². The van der Waals surface area contributed by atoms with Gasteiger partial charge in [0.2, 0.25) is 5.88 Å². The van der Waals surface area contributed by atoms with E-state index in [1.54, 1.807) is 36.4 Å². The molecule has 0 fully saturated rings. The second kappa shape index (κ2) is 9.56. The Bertz CT molecular complexity index is 1180. The normalized spacial score (nSPS) is 10.6. The van der Waals surface area contributed by atoms with Gasteiger partial charge in [-0.2, -0.15) is 8.78 Å². The van der Waals surface area contributed by atoms with Crippen LogP contribution in [-0.2, 0) is 0 Å². The molecule has 2 amide bonds. The van der Waals surface area contributed by atoms with Crippen molar-refractivity contribution in [3.8, 4) is 23.2 Å². The summed E-state index contributed by atoms with van der Waals surface area (Å²) < 4.78 is 36.5. The summed E-state index contributed by atoms with van der Waals surface area (Å²) in [6.07, 6.45) is 5.13. The highest BCUT2D eigenvalue weighted by Crippen LogP contribution is 2.23. The predicted octanol–water partition coefficient (Wildman–Crippen LogP) is 5.31. The number of alkyl halides is 2. The van der Waals surface area contributed by atoms with E-state index >= 15 is 0 Å². The summed E-state index contributed by atoms with van der Waals surface area (Å²) in [7, 11) is 0. The van der Waals surface area contributed by atoms with Crippen molar-refractivity contribution < 1.29 is 23.0 Å². The average Bonchev–Trinajstić information content (AvgIpc) is 3.30. The number of carbonyl (C=O) groups excluding carboxylic acids is 1. The highest BCUT2D eigenvalue weighted by Gasteiger charge is 2.08. The molecule has 0 aliphatic carbocycles. The molecule has 2 heterocycles. The molecule has 4 rings (SSSR count). The summed E-state index contributed by atoms with van der Waals surface area (Å²) in [4.78, 5) is 20.5. The minimum absolute atomic E-state index is 0.0519. The van der Waals surface area contributed by atoms with E-state index in [-0.39, 0.29) is 5.75 Å². The van der Waals surface area contributed by atoms with Crippen LogP contribution in [0.2, 0.25) is 0 Å². The molecule has 0 bridgehead atoms. The largest absolute Gasteiger partial charge is 0.439 e. The van der Waals surface area contributed by atoms with Crippen LogP contribution < -0.4 is 20.1 Å². The lowest BCUT2D eigenvalue weighted by Crippen LogP contribution is -2.19. The number of benzene rings is 2. The number of hydrogen-bond acceptors (Lipinski definition) is 5. The number of halogens is 2. The lowest BCUT2D eigenvalue weighted by molar-refractivity contribution is -0.0498. The van der Waals surface area contributed by atoms with Gasteiger partial charge in [0.05, 0.1) is 0 Å². The molecule has 10 heteroatoms. The standard InChI is InChI=1S/C22H17F2N5O3/c23-21(24)32-18-5-3-4-16(12-18)28-22(30)27-15-6-8-17(9-7-15)31-20-13-19(25-14-26-20)29-10-1-2-11-29/h1-14,21H,(H2,27,28,30). The molecule has 0 saturated carbocycles. The zero-order valence-electron chi connectivity index (χ0n) is 16.5. The van der Waals surface area contributed by atoms with Crippen LogP contribution in [0.15, 0.2) is 85.5 Å². The third kappa shape index (κ3) is 5.57. The number of amides is 2. The van der Waals surface area contributed by atoms with Gasteiger partial charge in [-0.25, -0.2) is 14.8 Å². The maximum atomic E-state index is 12.3. The monoisotopic (exact) mass is 437 g/mol. The maximum Gasteiger partial charge on any atom is 0.387 e. The number of nitrogens with one attached hydrogen (secondary N) is 2. The molecular weight excluding hydrogens is 420 g/mol. The molecule has 0 aliphatic rings. The van der Waals surface area contributed by atoms with Crippen molar-refractivity contribution in [2.45, 2.75) is 6.61 Å². The Morgan fingerprint density at radius 3 is 2.38 bits per heavy atom. The number of hydrogen-bond donors (Lipinski definition) is 2. The summed E-state index contributed by atoms with van der Waals surface area (Å²) in [5, 5.41) is 5.20. The Morgan fingerprint density at radius 1 is 0.875 bits per heavy atom. The lowest BCUT2D eigenvalue weighted by atomic mass is 10.3. The van der Waals surface area contributed by atoms with Crippen molar-refractivity contribution in [2.75, 3.05) is 10.6 Å². The molecule has 2 aromatic carbocycles. The smallest absolute Gasteiger partial charge is 0.387 e. The van der Waals surface area contributed by atoms with Gasteiger partial charge in [-0.3, -0.25) is 0 Å². The van der Waals surface area contributed by atoms with E-state index in [0.29, 0.717) is 28.8 Å². The molecule has 0 radical (unpaired) electrons. The minimum Gasteiger partial charge on any atom is -0.439 e. The number of rotatable bonds is 7. The molecule has 8 nitrogen and oxygen atoms in total. The Kier molecular flexibility index (Phi) is 6.21. The van der Waals surface area contributed by atoms with E-state index < -0.39 is 12.6 Å². The Morgan fingerprint density at radius 2 is 1.62 bits per heavy atom. The number of urea groups is 1.